The summed E-state index contributed by atoms with van der Waals surface area (Å²) in [6.07, 6.45) is 1.19. The van der Waals surface area contributed by atoms with Gasteiger partial charge in [0.2, 0.25) is 0 Å². The molecule has 1 rings (SSSR count). The van der Waals surface area contributed by atoms with Crippen LogP contribution < -0.4 is 5.32 Å². The number of hydrogen-bond donors (Lipinski definition) is 1. The average Bonchev–Trinajstić information content (AvgIpc) is 2.24. The molecule has 0 aliphatic carbocycles. The van der Waals surface area contributed by atoms with E-state index in [1.54, 1.807) is 0 Å². The van der Waals surface area contributed by atoms with Crippen molar-refractivity contribution in [2.45, 2.75) is 46.5 Å². The summed E-state index contributed by atoms with van der Waals surface area (Å²) in [5.74, 6) is 0.733. The van der Waals surface area contributed by atoms with E-state index < -0.39 is 0 Å². The molecular formula is C16H27N. The molecule has 0 bridgehead atoms. The Labute approximate surface area is 107 Å². The van der Waals surface area contributed by atoms with Gasteiger partial charge < -0.3 is 5.32 Å². The lowest BCUT2D eigenvalue weighted by atomic mass is 9.79. The van der Waals surface area contributed by atoms with Gasteiger partial charge in [0.1, 0.15) is 0 Å². The van der Waals surface area contributed by atoms with Crippen LogP contribution in [-0.2, 0) is 5.41 Å². The highest BCUT2D eigenvalue weighted by Gasteiger charge is 2.21. The minimum absolute atomic E-state index is 0.259. The van der Waals surface area contributed by atoms with Gasteiger partial charge in [0.05, 0.1) is 0 Å². The Morgan fingerprint density at radius 3 is 2.41 bits per heavy atom. The number of hydrogen-bond acceptors (Lipinski definition) is 1. The Morgan fingerprint density at radius 2 is 1.82 bits per heavy atom. The summed E-state index contributed by atoms with van der Waals surface area (Å²) in [4.78, 5) is 0. The van der Waals surface area contributed by atoms with Gasteiger partial charge in [-0.25, -0.2) is 0 Å². The third kappa shape index (κ3) is 4.51. The second kappa shape index (κ2) is 6.20. The molecule has 0 amide bonds. The number of benzene rings is 1. The summed E-state index contributed by atoms with van der Waals surface area (Å²) in [5.41, 5.74) is 3.14. The van der Waals surface area contributed by atoms with Crippen LogP contribution in [0.15, 0.2) is 24.3 Å². The van der Waals surface area contributed by atoms with Crippen LogP contribution in [0.3, 0.4) is 0 Å². The van der Waals surface area contributed by atoms with Gasteiger partial charge >= 0.3 is 0 Å². The first-order valence-electron chi connectivity index (χ1n) is 6.70. The first-order valence-corrected chi connectivity index (χ1v) is 6.70. The largest absolute Gasteiger partial charge is 0.316 e. The van der Waals surface area contributed by atoms with Crippen molar-refractivity contribution >= 4 is 0 Å². The number of rotatable bonds is 6. The van der Waals surface area contributed by atoms with Crippen molar-refractivity contribution in [2.75, 3.05) is 13.1 Å². The van der Waals surface area contributed by atoms with E-state index in [4.69, 9.17) is 0 Å². The van der Waals surface area contributed by atoms with E-state index in [1.807, 2.05) is 0 Å². The number of nitrogens with one attached hydrogen (secondary N) is 1. The summed E-state index contributed by atoms with van der Waals surface area (Å²) in [6.45, 7) is 13.6. The van der Waals surface area contributed by atoms with Gasteiger partial charge in [0, 0.05) is 0 Å². The molecule has 1 aromatic rings. The van der Waals surface area contributed by atoms with Crippen molar-refractivity contribution in [2.24, 2.45) is 5.92 Å². The summed E-state index contributed by atoms with van der Waals surface area (Å²) in [5, 5.41) is 3.53. The van der Waals surface area contributed by atoms with Crippen LogP contribution >= 0.6 is 0 Å². The molecule has 0 heterocycles. The van der Waals surface area contributed by atoms with Crippen LogP contribution in [-0.4, -0.2) is 13.1 Å². The molecule has 0 fully saturated rings. The van der Waals surface area contributed by atoms with Crippen molar-refractivity contribution in [1.29, 1.82) is 0 Å². The van der Waals surface area contributed by atoms with Crippen LogP contribution in [0.25, 0.3) is 0 Å². The van der Waals surface area contributed by atoms with E-state index >= 15 is 0 Å². The van der Waals surface area contributed by atoms with Gasteiger partial charge in [0.15, 0.2) is 0 Å². The lowest BCUT2D eigenvalue weighted by Crippen LogP contribution is -2.28. The highest BCUT2D eigenvalue weighted by atomic mass is 14.9. The zero-order valence-corrected chi connectivity index (χ0v) is 12.0. The van der Waals surface area contributed by atoms with Crippen molar-refractivity contribution in [3.05, 3.63) is 35.4 Å². The van der Waals surface area contributed by atoms with E-state index in [0.717, 1.165) is 19.0 Å². The van der Waals surface area contributed by atoms with E-state index in [0.29, 0.717) is 0 Å². The molecule has 0 radical (unpaired) electrons. The van der Waals surface area contributed by atoms with E-state index in [-0.39, 0.29) is 5.41 Å². The van der Waals surface area contributed by atoms with Gasteiger partial charge in [-0.1, -0.05) is 52.0 Å². The molecule has 1 heteroatoms. The molecule has 17 heavy (non-hydrogen) atoms. The lowest BCUT2D eigenvalue weighted by molar-refractivity contribution is 0.440. The predicted molar refractivity (Wildman–Crippen MR) is 76.5 cm³/mol. The highest BCUT2D eigenvalue weighted by molar-refractivity contribution is 5.32. The molecule has 1 nitrogen and oxygen atoms in total. The van der Waals surface area contributed by atoms with E-state index in [9.17, 15) is 0 Å². The summed E-state index contributed by atoms with van der Waals surface area (Å²) >= 11 is 0. The van der Waals surface area contributed by atoms with Gasteiger partial charge in [-0.3, -0.25) is 0 Å². The summed E-state index contributed by atoms with van der Waals surface area (Å²) in [7, 11) is 0. The van der Waals surface area contributed by atoms with Gasteiger partial charge in [0.25, 0.3) is 0 Å². The van der Waals surface area contributed by atoms with Gasteiger partial charge in [-0.05, 0) is 48.9 Å². The molecule has 0 saturated heterocycles. The quantitative estimate of drug-likeness (QED) is 0.735. The first-order chi connectivity index (χ1) is 7.93. The molecule has 0 aliphatic rings. The Hall–Kier alpha value is -0.820. The zero-order chi connectivity index (χ0) is 12.9. The minimum atomic E-state index is 0.259. The monoisotopic (exact) mass is 233 g/mol. The van der Waals surface area contributed by atoms with Crippen molar-refractivity contribution in [1.82, 2.24) is 5.32 Å². The second-order valence-electron chi connectivity index (χ2n) is 6.05. The van der Waals surface area contributed by atoms with Gasteiger partial charge in [-0.15, -0.1) is 0 Å². The second-order valence-corrected chi connectivity index (χ2v) is 6.05. The topological polar surface area (TPSA) is 12.0 Å². The molecule has 0 spiro atoms. The van der Waals surface area contributed by atoms with Crippen LogP contribution in [0.5, 0.6) is 0 Å². The third-order valence-corrected chi connectivity index (χ3v) is 3.35. The van der Waals surface area contributed by atoms with Crippen LogP contribution in [0.2, 0.25) is 0 Å². The van der Waals surface area contributed by atoms with Crippen molar-refractivity contribution in [3.63, 3.8) is 0 Å². The zero-order valence-electron chi connectivity index (χ0n) is 12.0. The average molecular weight is 233 g/mol. The fourth-order valence-electron chi connectivity index (χ4n) is 2.26. The predicted octanol–water partition coefficient (Wildman–Crippen LogP) is 3.91. The molecule has 0 aromatic heterocycles. The van der Waals surface area contributed by atoms with Crippen molar-refractivity contribution < 1.29 is 0 Å². The van der Waals surface area contributed by atoms with Crippen LogP contribution in [0.4, 0.5) is 0 Å². The molecule has 1 N–H and O–H groups in total. The Morgan fingerprint density at radius 1 is 1.18 bits per heavy atom. The van der Waals surface area contributed by atoms with E-state index in [1.165, 1.54) is 17.5 Å². The SMILES string of the molecule is Cc1ccccc1C(C)(C)CCNCC(C)C. The van der Waals surface area contributed by atoms with Crippen LogP contribution in [0.1, 0.15) is 45.2 Å². The molecule has 0 aliphatic heterocycles. The normalized spacial score (nSPS) is 12.1. The molecule has 1 aromatic carbocycles. The fourth-order valence-corrected chi connectivity index (χ4v) is 2.26. The van der Waals surface area contributed by atoms with Crippen molar-refractivity contribution in [3.8, 4) is 0 Å². The lowest BCUT2D eigenvalue weighted by Gasteiger charge is -2.27. The third-order valence-electron chi connectivity index (χ3n) is 3.35. The van der Waals surface area contributed by atoms with E-state index in [2.05, 4.69) is 64.2 Å². The first kappa shape index (κ1) is 14.2. The Kier molecular flexibility index (Phi) is 5.20. The smallest absolute Gasteiger partial charge is 0.00258 e. The Balaban J connectivity index is 2.54. The maximum atomic E-state index is 3.53. The highest BCUT2D eigenvalue weighted by Crippen LogP contribution is 2.28. The summed E-state index contributed by atoms with van der Waals surface area (Å²) in [6, 6.07) is 8.73. The molecule has 0 atom stereocenters. The molecule has 96 valence electrons. The molecule has 0 unspecified atom stereocenters. The molecular weight excluding hydrogens is 206 g/mol. The standard InChI is InChI=1S/C16H27N/c1-13(2)12-17-11-10-16(4,5)15-9-7-6-8-14(15)3/h6-9,13,17H,10-12H2,1-5H3. The number of aryl methyl sites for hydroxylation is 1. The maximum absolute atomic E-state index is 3.53. The van der Waals surface area contributed by atoms with Crippen LogP contribution in [0, 0.1) is 12.8 Å². The Bertz CT molecular complexity index is 339. The minimum Gasteiger partial charge on any atom is -0.316 e. The summed E-state index contributed by atoms with van der Waals surface area (Å²) < 4.78 is 0. The van der Waals surface area contributed by atoms with Gasteiger partial charge in [-0.2, -0.15) is 0 Å². The maximum Gasteiger partial charge on any atom is -0.00258 e. The fraction of sp³-hybridized carbons (Fsp3) is 0.625. The molecule has 0 saturated carbocycles.